The molecule has 1 fully saturated rings. The van der Waals surface area contributed by atoms with Gasteiger partial charge in [-0.15, -0.1) is 11.8 Å². The van der Waals surface area contributed by atoms with Gasteiger partial charge in [0.25, 0.3) is 0 Å². The van der Waals surface area contributed by atoms with Crippen LogP contribution in [0, 0.1) is 0 Å². The van der Waals surface area contributed by atoms with Crippen LogP contribution in [0.25, 0.3) is 0 Å². The van der Waals surface area contributed by atoms with Crippen molar-refractivity contribution in [2.75, 3.05) is 55.7 Å². The number of halogens is 1. The number of amides is 2. The zero-order valence-corrected chi connectivity index (χ0v) is 18.6. The summed E-state index contributed by atoms with van der Waals surface area (Å²) in [5.41, 5.74) is 1.82. The van der Waals surface area contributed by atoms with Gasteiger partial charge in [-0.3, -0.25) is 14.5 Å². The van der Waals surface area contributed by atoms with E-state index in [1.165, 1.54) is 5.69 Å². The topological polar surface area (TPSA) is 64.7 Å². The van der Waals surface area contributed by atoms with E-state index in [9.17, 15) is 9.59 Å². The van der Waals surface area contributed by atoms with E-state index < -0.39 is 11.8 Å². The molecule has 6 nitrogen and oxygen atoms in total. The summed E-state index contributed by atoms with van der Waals surface area (Å²) in [4.78, 5) is 29.8. The molecule has 30 heavy (non-hydrogen) atoms. The number of rotatable bonds is 7. The number of thioether (sulfide) groups is 1. The van der Waals surface area contributed by atoms with Gasteiger partial charge in [0.1, 0.15) is 0 Å². The number of hydrogen-bond donors (Lipinski definition) is 2. The second-order valence-corrected chi connectivity index (χ2v) is 8.42. The maximum absolute atomic E-state index is 12.0. The van der Waals surface area contributed by atoms with Crippen molar-refractivity contribution in [3.8, 4) is 0 Å². The molecule has 1 saturated heterocycles. The molecule has 0 saturated carbocycles. The first kappa shape index (κ1) is 22.5. The molecule has 1 heterocycles. The minimum absolute atomic E-state index is 0.481. The Morgan fingerprint density at radius 1 is 1.03 bits per heavy atom. The molecule has 0 bridgehead atoms. The van der Waals surface area contributed by atoms with Crippen molar-refractivity contribution in [1.29, 1.82) is 0 Å². The monoisotopic (exact) mass is 446 g/mol. The third kappa shape index (κ3) is 6.65. The van der Waals surface area contributed by atoms with Crippen molar-refractivity contribution >= 4 is 46.6 Å². The highest BCUT2D eigenvalue weighted by Gasteiger charge is 2.17. The molecule has 2 amide bonds. The maximum Gasteiger partial charge on any atom is 0.313 e. The highest BCUT2D eigenvalue weighted by atomic mass is 35.5. The van der Waals surface area contributed by atoms with Gasteiger partial charge in [0.05, 0.1) is 0 Å². The summed E-state index contributed by atoms with van der Waals surface area (Å²) in [6.07, 6.45) is 2.77. The molecule has 0 aromatic heterocycles. The SMILES string of the molecule is CSc1cccc(NC(=O)C(=O)NCCCN2CCN(c3ccc(Cl)cc3)CC2)c1. The quantitative estimate of drug-likeness (QED) is 0.388. The van der Waals surface area contributed by atoms with Crippen LogP contribution in [-0.4, -0.2) is 62.2 Å². The number of benzene rings is 2. The lowest BCUT2D eigenvalue weighted by Gasteiger charge is -2.36. The summed E-state index contributed by atoms with van der Waals surface area (Å²) >= 11 is 7.54. The van der Waals surface area contributed by atoms with Crippen molar-refractivity contribution in [3.05, 3.63) is 53.6 Å². The Bertz CT molecular complexity index is 854. The Hall–Kier alpha value is -2.22. The van der Waals surface area contributed by atoms with Crippen LogP contribution in [0.4, 0.5) is 11.4 Å². The van der Waals surface area contributed by atoms with E-state index in [-0.39, 0.29) is 0 Å². The van der Waals surface area contributed by atoms with Gasteiger partial charge in [0.15, 0.2) is 0 Å². The summed E-state index contributed by atoms with van der Waals surface area (Å²) in [6.45, 7) is 5.25. The Kier molecular flexibility index (Phi) is 8.42. The minimum atomic E-state index is -0.634. The second kappa shape index (κ2) is 11.2. The highest BCUT2D eigenvalue weighted by molar-refractivity contribution is 7.98. The van der Waals surface area contributed by atoms with Crippen LogP contribution in [0.1, 0.15) is 6.42 Å². The molecular formula is C22H27ClN4O2S. The predicted octanol–water partition coefficient (Wildman–Crippen LogP) is 3.33. The summed E-state index contributed by atoms with van der Waals surface area (Å²) in [5, 5.41) is 6.10. The average Bonchev–Trinajstić information content (AvgIpc) is 2.77. The van der Waals surface area contributed by atoms with Crippen LogP contribution in [0.3, 0.4) is 0 Å². The molecule has 0 spiro atoms. The second-order valence-electron chi connectivity index (χ2n) is 7.10. The molecule has 1 aliphatic heterocycles. The van der Waals surface area contributed by atoms with Crippen molar-refractivity contribution in [1.82, 2.24) is 10.2 Å². The van der Waals surface area contributed by atoms with Gasteiger partial charge in [-0.25, -0.2) is 0 Å². The Morgan fingerprint density at radius 2 is 1.77 bits per heavy atom. The van der Waals surface area contributed by atoms with Gasteiger partial charge in [0.2, 0.25) is 0 Å². The van der Waals surface area contributed by atoms with Gasteiger partial charge < -0.3 is 15.5 Å². The van der Waals surface area contributed by atoms with Gasteiger partial charge in [-0.2, -0.15) is 0 Å². The van der Waals surface area contributed by atoms with Crippen molar-refractivity contribution in [2.45, 2.75) is 11.3 Å². The lowest BCUT2D eigenvalue weighted by atomic mass is 10.2. The average molecular weight is 447 g/mol. The van der Waals surface area contributed by atoms with Crippen LogP contribution in [0.15, 0.2) is 53.4 Å². The van der Waals surface area contributed by atoms with E-state index in [0.29, 0.717) is 12.2 Å². The Balaban J connectivity index is 1.32. The Morgan fingerprint density at radius 3 is 2.47 bits per heavy atom. The van der Waals surface area contributed by atoms with E-state index in [0.717, 1.165) is 49.1 Å². The predicted molar refractivity (Wildman–Crippen MR) is 125 cm³/mol. The first-order chi connectivity index (χ1) is 14.5. The molecule has 160 valence electrons. The lowest BCUT2D eigenvalue weighted by Crippen LogP contribution is -2.47. The first-order valence-corrected chi connectivity index (χ1v) is 11.6. The molecule has 2 aromatic carbocycles. The lowest BCUT2D eigenvalue weighted by molar-refractivity contribution is -0.136. The van der Waals surface area contributed by atoms with Crippen LogP contribution in [-0.2, 0) is 9.59 Å². The summed E-state index contributed by atoms with van der Waals surface area (Å²) in [5.74, 6) is -1.23. The third-order valence-electron chi connectivity index (χ3n) is 5.03. The van der Waals surface area contributed by atoms with Gasteiger partial charge in [0, 0.05) is 54.0 Å². The zero-order chi connectivity index (χ0) is 21.3. The number of piperazine rings is 1. The summed E-state index contributed by atoms with van der Waals surface area (Å²) in [6, 6.07) is 15.4. The smallest absolute Gasteiger partial charge is 0.313 e. The van der Waals surface area contributed by atoms with Gasteiger partial charge in [-0.05, 0) is 61.7 Å². The molecule has 0 unspecified atom stereocenters. The molecule has 1 aliphatic rings. The zero-order valence-electron chi connectivity index (χ0n) is 17.1. The standard InChI is InChI=1S/C22H27ClN4O2S/c1-30-20-5-2-4-18(16-20)25-22(29)21(28)24-10-3-11-26-12-14-27(15-13-26)19-8-6-17(23)7-9-19/h2,4-9,16H,3,10-15H2,1H3,(H,24,28)(H,25,29). The fourth-order valence-corrected chi connectivity index (χ4v) is 3.94. The number of nitrogens with one attached hydrogen (secondary N) is 2. The van der Waals surface area contributed by atoms with Gasteiger partial charge >= 0.3 is 11.8 Å². The largest absolute Gasteiger partial charge is 0.369 e. The van der Waals surface area contributed by atoms with E-state index in [2.05, 4.69) is 32.6 Å². The molecule has 0 radical (unpaired) electrons. The van der Waals surface area contributed by atoms with Crippen LogP contribution in [0.5, 0.6) is 0 Å². The normalized spacial score (nSPS) is 14.4. The van der Waals surface area contributed by atoms with E-state index >= 15 is 0 Å². The Labute approximate surface area is 187 Å². The molecule has 2 aromatic rings. The number of anilines is 2. The summed E-state index contributed by atoms with van der Waals surface area (Å²) in [7, 11) is 0. The van der Waals surface area contributed by atoms with Crippen LogP contribution >= 0.6 is 23.4 Å². The van der Waals surface area contributed by atoms with E-state index in [4.69, 9.17) is 11.6 Å². The number of carbonyl (C=O) groups is 2. The molecule has 8 heteroatoms. The number of hydrogen-bond acceptors (Lipinski definition) is 5. The molecule has 3 rings (SSSR count). The number of nitrogens with zero attached hydrogens (tertiary/aromatic N) is 2. The minimum Gasteiger partial charge on any atom is -0.369 e. The van der Waals surface area contributed by atoms with E-state index in [1.54, 1.807) is 17.8 Å². The molecule has 2 N–H and O–H groups in total. The fraction of sp³-hybridized carbons (Fsp3) is 0.364. The van der Waals surface area contributed by atoms with Gasteiger partial charge in [-0.1, -0.05) is 17.7 Å². The summed E-state index contributed by atoms with van der Waals surface area (Å²) < 4.78 is 0. The molecular weight excluding hydrogens is 420 g/mol. The molecule has 0 aliphatic carbocycles. The number of carbonyl (C=O) groups excluding carboxylic acids is 2. The van der Waals surface area contributed by atoms with E-state index in [1.807, 2.05) is 36.6 Å². The molecule has 0 atom stereocenters. The van der Waals surface area contributed by atoms with Crippen molar-refractivity contribution < 1.29 is 9.59 Å². The third-order valence-corrected chi connectivity index (χ3v) is 6.01. The van der Waals surface area contributed by atoms with Crippen molar-refractivity contribution in [2.24, 2.45) is 0 Å². The fourth-order valence-electron chi connectivity index (χ4n) is 3.36. The van der Waals surface area contributed by atoms with Crippen LogP contribution < -0.4 is 15.5 Å². The highest BCUT2D eigenvalue weighted by Crippen LogP contribution is 2.20. The van der Waals surface area contributed by atoms with Crippen LogP contribution in [0.2, 0.25) is 5.02 Å². The first-order valence-electron chi connectivity index (χ1n) is 10.0. The van der Waals surface area contributed by atoms with Crippen molar-refractivity contribution in [3.63, 3.8) is 0 Å². The maximum atomic E-state index is 12.0.